The van der Waals surface area contributed by atoms with Crippen LogP contribution >= 0.6 is 0 Å². The van der Waals surface area contributed by atoms with Gasteiger partial charge in [0.15, 0.2) is 0 Å². The maximum Gasteiger partial charge on any atom is 0.307 e. The van der Waals surface area contributed by atoms with Gasteiger partial charge in [0.05, 0.1) is 19.1 Å². The lowest BCUT2D eigenvalue weighted by molar-refractivity contribution is -0.144. The fourth-order valence-corrected chi connectivity index (χ4v) is 2.22. The average molecular weight is 241 g/mol. The number of hydrogen-bond donors (Lipinski definition) is 1. The van der Waals surface area contributed by atoms with Crippen molar-refractivity contribution in [3.63, 3.8) is 0 Å². The van der Waals surface area contributed by atoms with Gasteiger partial charge in [0.2, 0.25) is 0 Å². The molecule has 1 rings (SSSR count). The molecule has 0 aliphatic carbocycles. The van der Waals surface area contributed by atoms with Gasteiger partial charge in [-0.05, 0) is 33.7 Å². The van der Waals surface area contributed by atoms with E-state index in [1.54, 1.807) is 6.92 Å². The van der Waals surface area contributed by atoms with E-state index in [2.05, 4.69) is 17.1 Å². The van der Waals surface area contributed by atoms with Gasteiger partial charge in [-0.25, -0.2) is 0 Å². The largest absolute Gasteiger partial charge is 0.466 e. The molecule has 0 aromatic rings. The highest BCUT2D eigenvalue weighted by Crippen LogP contribution is 2.21. The molecule has 0 saturated carbocycles. The number of nitrogens with zero attached hydrogens (tertiary/aromatic N) is 1. The second-order valence-corrected chi connectivity index (χ2v) is 4.64. The Kier molecular flexibility index (Phi) is 5.65. The molecule has 0 bridgehead atoms. The normalized spacial score (nSPS) is 26.8. The molecule has 4 nitrogen and oxygen atoms in total. The molecule has 4 heteroatoms. The number of carbonyl (C=O) groups excluding carboxylic acids is 1. The molecule has 3 unspecified atom stereocenters. The number of carbonyl (C=O) groups is 1. The lowest BCUT2D eigenvalue weighted by Gasteiger charge is -2.36. The molecule has 0 saturated heterocycles. The first-order valence-corrected chi connectivity index (χ1v) is 6.26. The fourth-order valence-electron chi connectivity index (χ4n) is 2.22. The number of hydrogen-bond acceptors (Lipinski definition) is 4. The van der Waals surface area contributed by atoms with Crippen LogP contribution in [0.1, 0.15) is 33.1 Å². The van der Waals surface area contributed by atoms with E-state index in [1.165, 1.54) is 0 Å². The van der Waals surface area contributed by atoms with Crippen LogP contribution in [0.5, 0.6) is 0 Å². The number of ether oxygens (including phenoxy) is 1. The molecule has 0 aromatic carbocycles. The highest BCUT2D eigenvalue weighted by molar-refractivity contribution is 5.70. The molecular weight excluding hydrogens is 218 g/mol. The minimum Gasteiger partial charge on any atom is -0.466 e. The van der Waals surface area contributed by atoms with Gasteiger partial charge in [-0.2, -0.15) is 0 Å². The summed E-state index contributed by atoms with van der Waals surface area (Å²) in [5, 5.41) is 9.43. The van der Waals surface area contributed by atoms with Crippen molar-refractivity contribution >= 4 is 5.97 Å². The van der Waals surface area contributed by atoms with E-state index in [1.807, 2.05) is 14.0 Å². The highest BCUT2D eigenvalue weighted by Gasteiger charge is 2.26. The van der Waals surface area contributed by atoms with E-state index in [-0.39, 0.29) is 18.1 Å². The topological polar surface area (TPSA) is 49.8 Å². The van der Waals surface area contributed by atoms with Gasteiger partial charge in [0.1, 0.15) is 0 Å². The van der Waals surface area contributed by atoms with Crippen LogP contribution in [0.2, 0.25) is 0 Å². The van der Waals surface area contributed by atoms with Crippen molar-refractivity contribution in [1.29, 1.82) is 0 Å². The van der Waals surface area contributed by atoms with E-state index >= 15 is 0 Å². The monoisotopic (exact) mass is 241 g/mol. The van der Waals surface area contributed by atoms with Crippen molar-refractivity contribution in [1.82, 2.24) is 4.90 Å². The van der Waals surface area contributed by atoms with Crippen molar-refractivity contribution in [3.8, 4) is 0 Å². The van der Waals surface area contributed by atoms with Crippen molar-refractivity contribution < 1.29 is 14.6 Å². The van der Waals surface area contributed by atoms with E-state index in [0.29, 0.717) is 19.1 Å². The van der Waals surface area contributed by atoms with E-state index in [4.69, 9.17) is 4.74 Å². The Bertz CT molecular complexity index is 276. The average Bonchev–Trinajstić information content (AvgIpc) is 2.23. The Balaban J connectivity index is 2.53. The van der Waals surface area contributed by atoms with Crippen LogP contribution in [-0.2, 0) is 9.53 Å². The molecule has 3 atom stereocenters. The summed E-state index contributed by atoms with van der Waals surface area (Å²) in [5.74, 6) is -0.160. The van der Waals surface area contributed by atoms with E-state index < -0.39 is 0 Å². The van der Waals surface area contributed by atoms with Gasteiger partial charge in [0, 0.05) is 12.1 Å². The van der Waals surface area contributed by atoms with Crippen LogP contribution in [0.25, 0.3) is 0 Å². The number of aliphatic hydroxyl groups excluding tert-OH is 1. The maximum absolute atomic E-state index is 11.5. The summed E-state index contributed by atoms with van der Waals surface area (Å²) in [4.78, 5) is 13.6. The van der Waals surface area contributed by atoms with E-state index in [9.17, 15) is 9.90 Å². The summed E-state index contributed by atoms with van der Waals surface area (Å²) >= 11 is 0. The maximum atomic E-state index is 11.5. The summed E-state index contributed by atoms with van der Waals surface area (Å²) in [6.45, 7) is 4.04. The Labute approximate surface area is 103 Å². The molecular formula is C13H23NO3. The molecule has 0 spiro atoms. The predicted octanol–water partition coefficient (Wildman–Crippen LogP) is 1.34. The van der Waals surface area contributed by atoms with E-state index in [0.717, 1.165) is 12.8 Å². The zero-order chi connectivity index (χ0) is 12.8. The molecule has 0 radical (unpaired) electrons. The van der Waals surface area contributed by atoms with Crippen LogP contribution in [0.3, 0.4) is 0 Å². The molecule has 1 aliphatic rings. The molecule has 0 amide bonds. The third-order valence-corrected chi connectivity index (χ3v) is 3.16. The van der Waals surface area contributed by atoms with Crippen molar-refractivity contribution in [3.05, 3.63) is 12.2 Å². The molecule has 1 aliphatic heterocycles. The third kappa shape index (κ3) is 4.48. The molecule has 1 N–H and O–H groups in total. The number of aliphatic hydroxyl groups is 1. The van der Waals surface area contributed by atoms with Crippen molar-refractivity contribution in [2.24, 2.45) is 0 Å². The van der Waals surface area contributed by atoms with Crippen LogP contribution in [0.15, 0.2) is 12.2 Å². The van der Waals surface area contributed by atoms with Crippen molar-refractivity contribution in [2.75, 3.05) is 13.7 Å². The van der Waals surface area contributed by atoms with Gasteiger partial charge in [-0.3, -0.25) is 9.69 Å². The first kappa shape index (κ1) is 14.2. The van der Waals surface area contributed by atoms with Crippen LogP contribution in [-0.4, -0.2) is 47.8 Å². The summed E-state index contributed by atoms with van der Waals surface area (Å²) < 4.78 is 4.96. The third-order valence-electron chi connectivity index (χ3n) is 3.16. The summed E-state index contributed by atoms with van der Waals surface area (Å²) in [5.41, 5.74) is 0. The number of rotatable bonds is 5. The zero-order valence-electron chi connectivity index (χ0n) is 10.9. The highest BCUT2D eigenvalue weighted by atomic mass is 16.5. The van der Waals surface area contributed by atoms with Gasteiger partial charge in [0.25, 0.3) is 0 Å². The predicted molar refractivity (Wildman–Crippen MR) is 66.6 cm³/mol. The first-order valence-electron chi connectivity index (χ1n) is 6.26. The Morgan fingerprint density at radius 3 is 2.94 bits per heavy atom. The summed E-state index contributed by atoms with van der Waals surface area (Å²) in [6, 6.07) is 0.394. The second-order valence-electron chi connectivity index (χ2n) is 4.64. The summed E-state index contributed by atoms with van der Waals surface area (Å²) in [6.07, 6.45) is 5.89. The SMILES string of the molecule is CCOC(=O)CC1C=CCC(CC(C)O)N1C. The fraction of sp³-hybridized carbons (Fsp3) is 0.769. The second kappa shape index (κ2) is 6.77. The molecule has 1 heterocycles. The Morgan fingerprint density at radius 2 is 2.35 bits per heavy atom. The van der Waals surface area contributed by atoms with Crippen LogP contribution < -0.4 is 0 Å². The zero-order valence-corrected chi connectivity index (χ0v) is 10.9. The molecule has 0 fully saturated rings. The smallest absolute Gasteiger partial charge is 0.307 e. The molecule has 98 valence electrons. The lowest BCUT2D eigenvalue weighted by atomic mass is 9.97. The number of likely N-dealkylation sites (N-methyl/N-ethyl adjacent to an activating group) is 1. The van der Waals surface area contributed by atoms with Gasteiger partial charge in [-0.1, -0.05) is 12.2 Å². The minimum atomic E-state index is -0.308. The quantitative estimate of drug-likeness (QED) is 0.583. The molecule has 0 aromatic heterocycles. The van der Waals surface area contributed by atoms with Gasteiger partial charge < -0.3 is 9.84 Å². The van der Waals surface area contributed by atoms with Gasteiger partial charge in [-0.15, -0.1) is 0 Å². The first-order chi connectivity index (χ1) is 8.04. The number of esters is 1. The van der Waals surface area contributed by atoms with Crippen LogP contribution in [0.4, 0.5) is 0 Å². The minimum absolute atomic E-state index is 0.0894. The van der Waals surface area contributed by atoms with Gasteiger partial charge >= 0.3 is 5.97 Å². The standard InChI is InChI=1S/C13H23NO3/c1-4-17-13(16)9-12-7-5-6-11(14(12)3)8-10(2)15/h5,7,10-12,15H,4,6,8-9H2,1-3H3. The Hall–Kier alpha value is -0.870. The summed E-state index contributed by atoms with van der Waals surface area (Å²) in [7, 11) is 2.00. The molecule has 17 heavy (non-hydrogen) atoms. The van der Waals surface area contributed by atoms with Crippen LogP contribution in [0, 0.1) is 0 Å². The lowest BCUT2D eigenvalue weighted by Crippen LogP contribution is -2.44. The Morgan fingerprint density at radius 1 is 1.65 bits per heavy atom. The van der Waals surface area contributed by atoms with Crippen molar-refractivity contribution in [2.45, 2.75) is 51.3 Å².